The fourth-order valence-electron chi connectivity index (χ4n) is 4.16. The van der Waals surface area contributed by atoms with Gasteiger partial charge in [-0.3, -0.25) is 19.1 Å². The molecule has 0 radical (unpaired) electrons. The molecule has 0 N–H and O–H groups in total. The molecule has 2 aliphatic heterocycles. The van der Waals surface area contributed by atoms with Crippen LogP contribution < -0.4 is 10.5 Å². The number of piperidine rings is 1. The fraction of sp³-hybridized carbons (Fsp3) is 0.565. The van der Waals surface area contributed by atoms with Gasteiger partial charge in [0.15, 0.2) is 0 Å². The Balaban J connectivity index is 2.22. The number of nitrogens with zero attached hydrogens (tertiary/aromatic N) is 4. The van der Waals surface area contributed by atoms with Gasteiger partial charge in [-0.05, 0) is 50.7 Å². The third kappa shape index (κ3) is 4.73. The Labute approximate surface area is 193 Å². The van der Waals surface area contributed by atoms with E-state index in [-0.39, 0.29) is 17.0 Å². The van der Waals surface area contributed by atoms with Gasteiger partial charge in [0.1, 0.15) is 21.8 Å². The van der Waals surface area contributed by atoms with Crippen LogP contribution in [0.5, 0.6) is 0 Å². The first-order valence-electron chi connectivity index (χ1n) is 11.1. The first-order valence-corrected chi connectivity index (χ1v) is 12.3. The van der Waals surface area contributed by atoms with Crippen molar-refractivity contribution in [3.05, 3.63) is 31.9 Å². The molecule has 6 nitrogen and oxygen atoms in total. The second-order valence-corrected chi connectivity index (χ2v) is 9.72. The summed E-state index contributed by atoms with van der Waals surface area (Å²) in [5.41, 5.74) is 1.37. The van der Waals surface area contributed by atoms with Gasteiger partial charge in [0.05, 0.1) is 4.91 Å². The Morgan fingerprint density at radius 3 is 2.45 bits per heavy atom. The van der Waals surface area contributed by atoms with Crippen LogP contribution >= 0.6 is 24.0 Å². The molecular formula is C23H30N4O2S2. The lowest BCUT2D eigenvalue weighted by Crippen LogP contribution is -2.37. The average molecular weight is 459 g/mol. The van der Waals surface area contributed by atoms with Crippen LogP contribution in [0.25, 0.3) is 6.08 Å². The summed E-state index contributed by atoms with van der Waals surface area (Å²) < 4.78 is 2.33. The number of carbonyl (C=O) groups excluding carboxylic acids is 1. The summed E-state index contributed by atoms with van der Waals surface area (Å²) in [5, 5.41) is 9.74. The number of nitriles is 1. The van der Waals surface area contributed by atoms with E-state index in [9.17, 15) is 14.9 Å². The SMILES string of the molecule is CCCCn1c(N2CCCCC2)c(/C=C2/SC(=S)N(CCC)C2=O)c(C)c(C#N)c1=O. The van der Waals surface area contributed by atoms with Gasteiger partial charge in [-0.25, -0.2) is 0 Å². The number of rotatable bonds is 7. The largest absolute Gasteiger partial charge is 0.357 e. The Bertz CT molecular complexity index is 1000. The highest BCUT2D eigenvalue weighted by Gasteiger charge is 2.32. The van der Waals surface area contributed by atoms with Crippen molar-refractivity contribution in [2.45, 2.75) is 65.8 Å². The van der Waals surface area contributed by atoms with E-state index in [0.29, 0.717) is 27.9 Å². The summed E-state index contributed by atoms with van der Waals surface area (Å²) in [6, 6.07) is 2.12. The summed E-state index contributed by atoms with van der Waals surface area (Å²) in [6.07, 6.45) is 7.81. The van der Waals surface area contributed by atoms with Gasteiger partial charge in [-0.15, -0.1) is 0 Å². The van der Waals surface area contributed by atoms with E-state index >= 15 is 0 Å². The van der Waals surface area contributed by atoms with Crippen LogP contribution in [0.2, 0.25) is 0 Å². The van der Waals surface area contributed by atoms with Crippen LogP contribution in [0.4, 0.5) is 5.82 Å². The average Bonchev–Trinajstić information content (AvgIpc) is 3.03. The van der Waals surface area contributed by atoms with Crippen molar-refractivity contribution in [3.63, 3.8) is 0 Å². The van der Waals surface area contributed by atoms with Crippen LogP contribution in [0, 0.1) is 18.3 Å². The Morgan fingerprint density at radius 2 is 1.84 bits per heavy atom. The zero-order chi connectivity index (χ0) is 22.5. The minimum Gasteiger partial charge on any atom is -0.357 e. The zero-order valence-electron chi connectivity index (χ0n) is 18.6. The molecule has 0 aromatic carbocycles. The molecule has 3 rings (SSSR count). The lowest BCUT2D eigenvalue weighted by Gasteiger charge is -2.33. The van der Waals surface area contributed by atoms with E-state index in [1.807, 2.05) is 19.9 Å². The molecule has 0 bridgehead atoms. The van der Waals surface area contributed by atoms with E-state index in [0.717, 1.165) is 56.6 Å². The Kier molecular flexibility index (Phi) is 7.95. The predicted molar refractivity (Wildman–Crippen MR) is 131 cm³/mol. The lowest BCUT2D eigenvalue weighted by molar-refractivity contribution is -0.122. The molecule has 166 valence electrons. The van der Waals surface area contributed by atoms with Crippen LogP contribution in [0.1, 0.15) is 69.1 Å². The maximum absolute atomic E-state index is 13.2. The van der Waals surface area contributed by atoms with E-state index in [1.54, 1.807) is 9.47 Å². The van der Waals surface area contributed by atoms with E-state index < -0.39 is 0 Å². The van der Waals surface area contributed by atoms with Gasteiger partial charge in [-0.2, -0.15) is 5.26 Å². The molecule has 0 atom stereocenters. The maximum atomic E-state index is 13.2. The smallest absolute Gasteiger partial charge is 0.270 e. The molecule has 8 heteroatoms. The highest BCUT2D eigenvalue weighted by molar-refractivity contribution is 8.26. The fourth-order valence-corrected chi connectivity index (χ4v) is 5.45. The Hall–Kier alpha value is -2.11. The molecule has 2 saturated heterocycles. The number of unbranched alkanes of at least 4 members (excludes halogenated alkanes) is 1. The number of amides is 1. The number of anilines is 1. The molecule has 0 saturated carbocycles. The minimum absolute atomic E-state index is 0.0920. The van der Waals surface area contributed by atoms with Crippen LogP contribution in [0.3, 0.4) is 0 Å². The molecule has 0 spiro atoms. The first-order chi connectivity index (χ1) is 14.9. The van der Waals surface area contributed by atoms with Gasteiger partial charge in [0.2, 0.25) is 0 Å². The third-order valence-electron chi connectivity index (χ3n) is 5.83. The van der Waals surface area contributed by atoms with E-state index in [2.05, 4.69) is 17.9 Å². The molecule has 2 fully saturated rings. The highest BCUT2D eigenvalue weighted by atomic mass is 32.2. The molecule has 0 unspecified atom stereocenters. The quantitative estimate of drug-likeness (QED) is 0.445. The molecule has 3 heterocycles. The topological polar surface area (TPSA) is 69.3 Å². The Morgan fingerprint density at radius 1 is 1.13 bits per heavy atom. The van der Waals surface area contributed by atoms with Gasteiger partial charge in [-0.1, -0.05) is 44.2 Å². The molecular weight excluding hydrogens is 428 g/mol. The van der Waals surface area contributed by atoms with E-state index in [4.69, 9.17) is 12.2 Å². The number of aromatic nitrogens is 1. The van der Waals surface area contributed by atoms with Gasteiger partial charge in [0, 0.05) is 31.7 Å². The van der Waals surface area contributed by atoms with Gasteiger partial charge in [0.25, 0.3) is 11.5 Å². The van der Waals surface area contributed by atoms with Crippen LogP contribution in [-0.4, -0.2) is 39.3 Å². The molecule has 1 amide bonds. The van der Waals surface area contributed by atoms with Crippen molar-refractivity contribution >= 4 is 46.1 Å². The number of carbonyl (C=O) groups is 1. The van der Waals surface area contributed by atoms with Crippen LogP contribution in [-0.2, 0) is 11.3 Å². The molecule has 31 heavy (non-hydrogen) atoms. The van der Waals surface area contributed by atoms with Gasteiger partial charge >= 0.3 is 0 Å². The standard InChI is InChI=1S/C23H30N4O2S2/c1-4-6-13-26-20(25-11-8-7-9-12-25)17(16(3)18(15-24)21(26)28)14-19-22(29)27(10-5-2)23(30)31-19/h14H,4-13H2,1-3H3/b19-14+. The number of thiocarbonyl (C=S) groups is 1. The monoisotopic (exact) mass is 458 g/mol. The van der Waals surface area contributed by atoms with Crippen molar-refractivity contribution in [3.8, 4) is 6.07 Å². The molecule has 0 aliphatic carbocycles. The normalized spacial score (nSPS) is 18.2. The number of thioether (sulfide) groups is 1. The van der Waals surface area contributed by atoms with Crippen molar-refractivity contribution in [1.29, 1.82) is 5.26 Å². The summed E-state index contributed by atoms with van der Waals surface area (Å²) in [7, 11) is 0. The summed E-state index contributed by atoms with van der Waals surface area (Å²) >= 11 is 6.73. The summed E-state index contributed by atoms with van der Waals surface area (Å²) in [6.45, 7) is 8.82. The van der Waals surface area contributed by atoms with Crippen molar-refractivity contribution < 1.29 is 4.79 Å². The summed E-state index contributed by atoms with van der Waals surface area (Å²) in [4.78, 5) is 30.7. The van der Waals surface area contributed by atoms with Crippen molar-refractivity contribution in [2.24, 2.45) is 0 Å². The van der Waals surface area contributed by atoms with E-state index in [1.165, 1.54) is 18.2 Å². The highest BCUT2D eigenvalue weighted by Crippen LogP contribution is 2.36. The maximum Gasteiger partial charge on any atom is 0.270 e. The predicted octanol–water partition coefficient (Wildman–Crippen LogP) is 4.43. The van der Waals surface area contributed by atoms with Crippen LogP contribution in [0.15, 0.2) is 9.70 Å². The number of pyridine rings is 1. The second-order valence-electron chi connectivity index (χ2n) is 8.04. The summed E-state index contributed by atoms with van der Waals surface area (Å²) in [5.74, 6) is 0.751. The molecule has 1 aromatic heterocycles. The second kappa shape index (κ2) is 10.5. The van der Waals surface area contributed by atoms with Crippen molar-refractivity contribution in [2.75, 3.05) is 24.5 Å². The van der Waals surface area contributed by atoms with Gasteiger partial charge < -0.3 is 4.90 Å². The lowest BCUT2D eigenvalue weighted by atomic mass is 10.0. The number of hydrogen-bond acceptors (Lipinski definition) is 6. The van der Waals surface area contributed by atoms with Crippen molar-refractivity contribution in [1.82, 2.24) is 9.47 Å². The first kappa shape index (κ1) is 23.6. The minimum atomic E-state index is -0.232. The molecule has 1 aromatic rings. The zero-order valence-corrected chi connectivity index (χ0v) is 20.2. The molecule has 2 aliphatic rings. The number of hydrogen-bond donors (Lipinski definition) is 0. The third-order valence-corrected chi connectivity index (χ3v) is 7.21.